The first kappa shape index (κ1) is 11.3. The van der Waals surface area contributed by atoms with Gasteiger partial charge in [-0.3, -0.25) is 0 Å². The number of hydrogen-bond acceptors (Lipinski definition) is 3. The Morgan fingerprint density at radius 2 is 2.31 bits per heavy atom. The fourth-order valence-electron chi connectivity index (χ4n) is 2.15. The minimum Gasteiger partial charge on any atom is -0.397 e. The largest absolute Gasteiger partial charge is 0.397 e. The molecule has 0 radical (unpaired) electrons. The molecule has 1 aliphatic heterocycles. The molecule has 0 aromatic heterocycles. The first-order valence-electron chi connectivity index (χ1n) is 5.91. The van der Waals surface area contributed by atoms with Crippen LogP contribution in [0.4, 0.5) is 11.4 Å². The molecule has 3 N–H and O–H groups in total. The molecule has 3 nitrogen and oxygen atoms in total. The summed E-state index contributed by atoms with van der Waals surface area (Å²) in [5, 5.41) is 3.43. The molecule has 0 saturated carbocycles. The van der Waals surface area contributed by atoms with Crippen molar-refractivity contribution in [3.05, 3.63) is 23.8 Å². The number of nitrogens with two attached hydrogens (primary N) is 1. The number of nitrogens with one attached hydrogen (secondary N) is 1. The zero-order valence-electron chi connectivity index (χ0n) is 9.99. The lowest BCUT2D eigenvalue weighted by atomic mass is 10.1. The number of anilines is 2. The number of benzene rings is 1. The van der Waals surface area contributed by atoms with Gasteiger partial charge in [0.25, 0.3) is 0 Å². The molecule has 3 heteroatoms. The molecule has 1 aromatic rings. The first-order valence-corrected chi connectivity index (χ1v) is 5.91. The van der Waals surface area contributed by atoms with Crippen molar-refractivity contribution in [2.24, 2.45) is 0 Å². The summed E-state index contributed by atoms with van der Waals surface area (Å²) < 4.78 is 5.65. The third-order valence-corrected chi connectivity index (χ3v) is 3.11. The van der Waals surface area contributed by atoms with E-state index in [9.17, 15) is 0 Å². The lowest BCUT2D eigenvalue weighted by Crippen LogP contribution is -2.30. The summed E-state index contributed by atoms with van der Waals surface area (Å²) in [5.74, 6) is 0. The topological polar surface area (TPSA) is 47.3 Å². The summed E-state index contributed by atoms with van der Waals surface area (Å²) in [6.45, 7) is 5.08. The van der Waals surface area contributed by atoms with Gasteiger partial charge in [0, 0.05) is 12.6 Å². The van der Waals surface area contributed by atoms with Gasteiger partial charge in [0.15, 0.2) is 0 Å². The Labute approximate surface area is 97.0 Å². The van der Waals surface area contributed by atoms with Crippen molar-refractivity contribution in [2.75, 3.05) is 17.7 Å². The van der Waals surface area contributed by atoms with E-state index in [4.69, 9.17) is 10.5 Å². The van der Waals surface area contributed by atoms with Crippen LogP contribution in [-0.2, 0) is 4.74 Å². The molecule has 1 aromatic carbocycles. The van der Waals surface area contributed by atoms with Crippen LogP contribution in [-0.4, -0.2) is 18.8 Å². The monoisotopic (exact) mass is 220 g/mol. The molecular formula is C13H20N2O. The second-order valence-electron chi connectivity index (χ2n) is 4.58. The van der Waals surface area contributed by atoms with E-state index in [1.807, 2.05) is 19.1 Å². The van der Waals surface area contributed by atoms with Gasteiger partial charge < -0.3 is 15.8 Å². The van der Waals surface area contributed by atoms with Crippen LogP contribution >= 0.6 is 0 Å². The zero-order chi connectivity index (χ0) is 11.5. The van der Waals surface area contributed by atoms with Crippen molar-refractivity contribution in [2.45, 2.75) is 38.8 Å². The average Bonchev–Trinajstić information content (AvgIpc) is 2.75. The Bertz CT molecular complexity index is 359. The molecule has 1 fully saturated rings. The molecule has 0 spiro atoms. The molecule has 88 valence electrons. The summed E-state index contributed by atoms with van der Waals surface area (Å²) >= 11 is 0. The molecule has 2 atom stereocenters. The van der Waals surface area contributed by atoms with Gasteiger partial charge in [-0.25, -0.2) is 0 Å². The van der Waals surface area contributed by atoms with Crippen LogP contribution in [0.1, 0.15) is 25.3 Å². The van der Waals surface area contributed by atoms with Gasteiger partial charge in [-0.15, -0.1) is 0 Å². The Kier molecular flexibility index (Phi) is 3.34. The van der Waals surface area contributed by atoms with Gasteiger partial charge in [0.1, 0.15) is 0 Å². The number of aryl methyl sites for hydroxylation is 1. The van der Waals surface area contributed by atoms with Crippen LogP contribution in [0.15, 0.2) is 18.2 Å². The summed E-state index contributed by atoms with van der Waals surface area (Å²) in [6, 6.07) is 6.41. The Morgan fingerprint density at radius 1 is 1.50 bits per heavy atom. The van der Waals surface area contributed by atoms with Crippen LogP contribution in [0.25, 0.3) is 0 Å². The number of nitrogen functional groups attached to an aromatic ring is 1. The second kappa shape index (κ2) is 4.74. The first-order chi connectivity index (χ1) is 7.66. The minimum absolute atomic E-state index is 0.313. The van der Waals surface area contributed by atoms with Crippen molar-refractivity contribution >= 4 is 11.4 Å². The van der Waals surface area contributed by atoms with Gasteiger partial charge in [0.05, 0.1) is 17.5 Å². The average molecular weight is 220 g/mol. The maximum atomic E-state index is 5.97. The fourth-order valence-corrected chi connectivity index (χ4v) is 2.15. The predicted molar refractivity (Wildman–Crippen MR) is 67.7 cm³/mol. The molecule has 0 aliphatic carbocycles. The van der Waals surface area contributed by atoms with E-state index in [2.05, 4.69) is 18.3 Å². The smallest absolute Gasteiger partial charge is 0.0774 e. The van der Waals surface area contributed by atoms with E-state index in [0.29, 0.717) is 12.1 Å². The summed E-state index contributed by atoms with van der Waals surface area (Å²) in [6.07, 6.45) is 2.63. The lowest BCUT2D eigenvalue weighted by molar-refractivity contribution is 0.0997. The van der Waals surface area contributed by atoms with Crippen molar-refractivity contribution < 1.29 is 4.74 Å². The van der Waals surface area contributed by atoms with Gasteiger partial charge in [-0.05, 0) is 44.4 Å². The quantitative estimate of drug-likeness (QED) is 0.770. The third-order valence-electron chi connectivity index (χ3n) is 3.11. The third kappa shape index (κ3) is 2.47. The molecular weight excluding hydrogens is 200 g/mol. The van der Waals surface area contributed by atoms with E-state index < -0.39 is 0 Å². The molecule has 1 heterocycles. The van der Waals surface area contributed by atoms with E-state index in [1.165, 1.54) is 12.0 Å². The Morgan fingerprint density at radius 3 is 2.94 bits per heavy atom. The van der Waals surface area contributed by atoms with Gasteiger partial charge in [0.2, 0.25) is 0 Å². The molecule has 2 unspecified atom stereocenters. The van der Waals surface area contributed by atoms with Crippen LogP contribution in [0.5, 0.6) is 0 Å². The molecule has 1 saturated heterocycles. The summed E-state index contributed by atoms with van der Waals surface area (Å²) in [5.41, 5.74) is 8.97. The van der Waals surface area contributed by atoms with E-state index in [-0.39, 0.29) is 0 Å². The maximum Gasteiger partial charge on any atom is 0.0774 e. The highest BCUT2D eigenvalue weighted by Gasteiger charge is 2.22. The summed E-state index contributed by atoms with van der Waals surface area (Å²) in [4.78, 5) is 0. The van der Waals surface area contributed by atoms with Gasteiger partial charge >= 0.3 is 0 Å². The van der Waals surface area contributed by atoms with Crippen LogP contribution in [0.3, 0.4) is 0 Å². The normalized spacial score (nSPS) is 22.0. The van der Waals surface area contributed by atoms with Crippen LogP contribution in [0.2, 0.25) is 0 Å². The highest BCUT2D eigenvalue weighted by atomic mass is 16.5. The Hall–Kier alpha value is -1.22. The van der Waals surface area contributed by atoms with Gasteiger partial charge in [-0.1, -0.05) is 6.07 Å². The maximum absolute atomic E-state index is 5.97. The predicted octanol–water partition coefficient (Wildman–Crippen LogP) is 2.56. The second-order valence-corrected chi connectivity index (χ2v) is 4.58. The van der Waals surface area contributed by atoms with E-state index in [0.717, 1.165) is 24.4 Å². The number of rotatable bonds is 3. The van der Waals surface area contributed by atoms with Crippen molar-refractivity contribution in [1.82, 2.24) is 0 Å². The highest BCUT2D eigenvalue weighted by Crippen LogP contribution is 2.23. The lowest BCUT2D eigenvalue weighted by Gasteiger charge is -2.22. The van der Waals surface area contributed by atoms with Crippen LogP contribution < -0.4 is 11.1 Å². The van der Waals surface area contributed by atoms with Crippen molar-refractivity contribution in [3.63, 3.8) is 0 Å². The number of ether oxygens (including phenoxy) is 1. The fraction of sp³-hybridized carbons (Fsp3) is 0.538. The Balaban J connectivity index is 2.02. The van der Waals surface area contributed by atoms with E-state index >= 15 is 0 Å². The van der Waals surface area contributed by atoms with E-state index in [1.54, 1.807) is 0 Å². The van der Waals surface area contributed by atoms with Crippen molar-refractivity contribution in [3.8, 4) is 0 Å². The van der Waals surface area contributed by atoms with Gasteiger partial charge in [-0.2, -0.15) is 0 Å². The standard InChI is InChI=1S/C13H20N2O/c1-9-5-6-12(11(14)8-9)15-10(2)13-4-3-7-16-13/h5-6,8,10,13,15H,3-4,7,14H2,1-2H3. The molecule has 0 amide bonds. The molecule has 2 rings (SSSR count). The molecule has 0 bridgehead atoms. The minimum atomic E-state index is 0.313. The summed E-state index contributed by atoms with van der Waals surface area (Å²) in [7, 11) is 0. The SMILES string of the molecule is Cc1ccc(NC(C)C2CCCO2)c(N)c1. The zero-order valence-corrected chi connectivity index (χ0v) is 9.99. The van der Waals surface area contributed by atoms with Crippen molar-refractivity contribution in [1.29, 1.82) is 0 Å². The highest BCUT2D eigenvalue weighted by molar-refractivity contribution is 5.67. The molecule has 16 heavy (non-hydrogen) atoms. The van der Waals surface area contributed by atoms with Crippen LogP contribution in [0, 0.1) is 6.92 Å². The molecule has 1 aliphatic rings. The number of hydrogen-bond donors (Lipinski definition) is 2.